The van der Waals surface area contributed by atoms with Crippen LogP contribution in [0.3, 0.4) is 0 Å². The van der Waals surface area contributed by atoms with Crippen LogP contribution >= 0.6 is 0 Å². The Hall–Kier alpha value is -2.74. The molecular weight excluding hydrogens is 360 g/mol. The third-order valence-electron chi connectivity index (χ3n) is 5.38. The predicted octanol–water partition coefficient (Wildman–Crippen LogP) is 1.52. The number of hydrogen-bond acceptors (Lipinski definition) is 6. The summed E-state index contributed by atoms with van der Waals surface area (Å²) in [5, 5.41) is 8.11. The largest absolute Gasteiger partial charge is 0.421 e. The van der Waals surface area contributed by atoms with Crippen molar-refractivity contribution in [2.45, 2.75) is 43.9 Å². The van der Waals surface area contributed by atoms with E-state index in [1.54, 1.807) is 19.0 Å². The van der Waals surface area contributed by atoms with E-state index in [0.29, 0.717) is 31.2 Å². The van der Waals surface area contributed by atoms with Crippen LogP contribution in [0.2, 0.25) is 0 Å². The van der Waals surface area contributed by atoms with E-state index in [4.69, 9.17) is 9.15 Å². The fourth-order valence-electron chi connectivity index (χ4n) is 4.02. The highest BCUT2D eigenvalue weighted by molar-refractivity contribution is 5.88. The zero-order chi connectivity index (χ0) is 19.7. The van der Waals surface area contributed by atoms with Gasteiger partial charge >= 0.3 is 0 Å². The molecule has 3 atom stereocenters. The highest BCUT2D eigenvalue weighted by Gasteiger charge is 2.49. The Balaban J connectivity index is 1.43. The van der Waals surface area contributed by atoms with Crippen molar-refractivity contribution in [3.63, 3.8) is 0 Å². The molecule has 0 spiro atoms. The Kier molecular flexibility index (Phi) is 5.13. The smallest absolute Gasteiger partial charge is 0.247 e. The van der Waals surface area contributed by atoms with E-state index in [1.165, 1.54) is 4.90 Å². The van der Waals surface area contributed by atoms with Crippen molar-refractivity contribution in [3.05, 3.63) is 36.2 Å². The van der Waals surface area contributed by atoms with Crippen molar-refractivity contribution in [2.24, 2.45) is 0 Å². The number of likely N-dealkylation sites (N-methyl/N-ethyl adjacent to an activating group) is 1. The van der Waals surface area contributed by atoms with Gasteiger partial charge in [-0.15, -0.1) is 10.2 Å². The van der Waals surface area contributed by atoms with E-state index in [-0.39, 0.29) is 30.4 Å². The number of aromatic nitrogens is 2. The second-order valence-electron chi connectivity index (χ2n) is 7.42. The van der Waals surface area contributed by atoms with Crippen molar-refractivity contribution >= 4 is 11.8 Å². The van der Waals surface area contributed by atoms with Gasteiger partial charge < -0.3 is 19.0 Å². The normalized spacial score (nSPS) is 23.6. The third-order valence-corrected chi connectivity index (χ3v) is 5.38. The van der Waals surface area contributed by atoms with Gasteiger partial charge in [0.05, 0.1) is 12.1 Å². The average Bonchev–Trinajstić information content (AvgIpc) is 3.41. The van der Waals surface area contributed by atoms with Crippen LogP contribution in [-0.2, 0) is 20.7 Å². The summed E-state index contributed by atoms with van der Waals surface area (Å²) >= 11 is 0. The first kappa shape index (κ1) is 18.6. The summed E-state index contributed by atoms with van der Waals surface area (Å²) in [5.41, 5.74) is 0.842. The molecule has 0 N–H and O–H groups in total. The van der Waals surface area contributed by atoms with Gasteiger partial charge in [0, 0.05) is 45.5 Å². The molecule has 0 saturated carbocycles. The molecule has 3 heterocycles. The minimum Gasteiger partial charge on any atom is -0.421 e. The molecular formula is C20H24N4O4. The Morgan fingerprint density at radius 1 is 1.21 bits per heavy atom. The number of rotatable bonds is 5. The highest BCUT2D eigenvalue weighted by atomic mass is 16.5. The number of likely N-dealkylation sites (tertiary alicyclic amines) is 1. The zero-order valence-corrected chi connectivity index (χ0v) is 16.1. The zero-order valence-electron chi connectivity index (χ0n) is 16.1. The van der Waals surface area contributed by atoms with E-state index in [2.05, 4.69) is 10.2 Å². The quantitative estimate of drug-likeness (QED) is 0.777. The summed E-state index contributed by atoms with van der Waals surface area (Å²) < 4.78 is 11.4. The standard InChI is InChI=1S/C20H24N4O4/c1-23(2)20(26)15-12-16-14(10-11-27-16)24(15)18(25)9-8-17-21-22-19(28-17)13-6-4-3-5-7-13/h3-7,14-16H,8-12H2,1-2H3/t14-,15?,16-/m0/s1. The lowest BCUT2D eigenvalue weighted by Gasteiger charge is -2.29. The lowest BCUT2D eigenvalue weighted by atomic mass is 10.1. The molecule has 1 unspecified atom stereocenters. The molecule has 4 rings (SSSR count). The summed E-state index contributed by atoms with van der Waals surface area (Å²) in [5.74, 6) is 0.725. The minimum atomic E-state index is -0.458. The Bertz CT molecular complexity index is 851. The van der Waals surface area contributed by atoms with Crippen molar-refractivity contribution in [1.82, 2.24) is 20.0 Å². The number of ether oxygens (including phenoxy) is 1. The summed E-state index contributed by atoms with van der Waals surface area (Å²) in [6, 6.07) is 9.02. The van der Waals surface area contributed by atoms with Gasteiger partial charge in [-0.05, 0) is 18.6 Å². The van der Waals surface area contributed by atoms with E-state index < -0.39 is 6.04 Å². The first-order valence-corrected chi connectivity index (χ1v) is 9.56. The molecule has 2 amide bonds. The second-order valence-corrected chi connectivity index (χ2v) is 7.42. The lowest BCUT2D eigenvalue weighted by Crippen LogP contribution is -2.48. The Morgan fingerprint density at radius 2 is 2.00 bits per heavy atom. The number of amides is 2. The van der Waals surface area contributed by atoms with Gasteiger partial charge in [0.25, 0.3) is 0 Å². The maximum atomic E-state index is 13.0. The summed E-state index contributed by atoms with van der Waals surface area (Å²) in [7, 11) is 3.42. The molecule has 1 aromatic carbocycles. The SMILES string of the molecule is CN(C)C(=O)C1C[C@@H]2OCC[C@@H]2N1C(=O)CCc1nnc(-c2ccccc2)o1. The van der Waals surface area contributed by atoms with Crippen LogP contribution in [0.4, 0.5) is 0 Å². The van der Waals surface area contributed by atoms with Gasteiger partial charge in [0.1, 0.15) is 6.04 Å². The van der Waals surface area contributed by atoms with Crippen molar-refractivity contribution < 1.29 is 18.7 Å². The second kappa shape index (κ2) is 7.71. The van der Waals surface area contributed by atoms with Crippen LogP contribution in [-0.4, -0.2) is 70.7 Å². The van der Waals surface area contributed by atoms with Crippen LogP contribution < -0.4 is 0 Å². The molecule has 2 fully saturated rings. The molecule has 0 aliphatic carbocycles. The monoisotopic (exact) mass is 384 g/mol. The van der Waals surface area contributed by atoms with E-state index in [1.807, 2.05) is 30.3 Å². The average molecular weight is 384 g/mol. The minimum absolute atomic E-state index is 0.0241. The first-order valence-electron chi connectivity index (χ1n) is 9.56. The number of fused-ring (bicyclic) bond motifs is 1. The number of carbonyl (C=O) groups is 2. The molecule has 8 nitrogen and oxygen atoms in total. The van der Waals surface area contributed by atoms with Crippen LogP contribution in [0.5, 0.6) is 0 Å². The molecule has 2 aliphatic heterocycles. The third kappa shape index (κ3) is 3.52. The van der Waals surface area contributed by atoms with Gasteiger partial charge in [0.2, 0.25) is 23.6 Å². The number of nitrogens with zero attached hydrogens (tertiary/aromatic N) is 4. The summed E-state index contributed by atoms with van der Waals surface area (Å²) in [6.45, 7) is 0.631. The fourth-order valence-corrected chi connectivity index (χ4v) is 4.02. The van der Waals surface area contributed by atoms with E-state index in [0.717, 1.165) is 12.0 Å². The molecule has 148 valence electrons. The number of hydrogen-bond donors (Lipinski definition) is 0. The Labute approximate surface area is 163 Å². The van der Waals surface area contributed by atoms with E-state index in [9.17, 15) is 9.59 Å². The maximum Gasteiger partial charge on any atom is 0.247 e. The highest BCUT2D eigenvalue weighted by Crippen LogP contribution is 2.35. The van der Waals surface area contributed by atoms with Crippen molar-refractivity contribution in [1.29, 1.82) is 0 Å². The summed E-state index contributed by atoms with van der Waals surface area (Å²) in [6.07, 6.45) is 1.84. The number of carbonyl (C=O) groups excluding carboxylic acids is 2. The summed E-state index contributed by atoms with van der Waals surface area (Å²) in [4.78, 5) is 28.8. The molecule has 2 aliphatic rings. The number of benzene rings is 1. The molecule has 0 bridgehead atoms. The molecule has 0 radical (unpaired) electrons. The molecule has 2 saturated heterocycles. The van der Waals surface area contributed by atoms with Crippen molar-refractivity contribution in [2.75, 3.05) is 20.7 Å². The number of aryl methyl sites for hydroxylation is 1. The molecule has 1 aromatic heterocycles. The van der Waals surface area contributed by atoms with Crippen LogP contribution in [0, 0.1) is 0 Å². The van der Waals surface area contributed by atoms with Gasteiger partial charge in [-0.2, -0.15) is 0 Å². The topological polar surface area (TPSA) is 88.8 Å². The first-order chi connectivity index (χ1) is 13.5. The van der Waals surface area contributed by atoms with Crippen LogP contribution in [0.25, 0.3) is 11.5 Å². The van der Waals surface area contributed by atoms with Gasteiger partial charge in [-0.25, -0.2) is 0 Å². The van der Waals surface area contributed by atoms with E-state index >= 15 is 0 Å². The molecule has 28 heavy (non-hydrogen) atoms. The predicted molar refractivity (Wildman–Crippen MR) is 100 cm³/mol. The van der Waals surface area contributed by atoms with Gasteiger partial charge in [-0.1, -0.05) is 18.2 Å². The fraction of sp³-hybridized carbons (Fsp3) is 0.500. The maximum absolute atomic E-state index is 13.0. The van der Waals surface area contributed by atoms with Crippen LogP contribution in [0.15, 0.2) is 34.7 Å². The van der Waals surface area contributed by atoms with Gasteiger partial charge in [0.15, 0.2) is 0 Å². The lowest BCUT2D eigenvalue weighted by molar-refractivity contribution is -0.144. The van der Waals surface area contributed by atoms with Gasteiger partial charge in [-0.3, -0.25) is 9.59 Å². The Morgan fingerprint density at radius 3 is 2.75 bits per heavy atom. The molecule has 8 heteroatoms. The van der Waals surface area contributed by atoms with Crippen LogP contribution in [0.1, 0.15) is 25.2 Å². The molecule has 2 aromatic rings. The van der Waals surface area contributed by atoms with Crippen molar-refractivity contribution in [3.8, 4) is 11.5 Å².